The maximum Gasteiger partial charge on any atom is 0.252 e. The predicted octanol–water partition coefficient (Wildman–Crippen LogP) is 8.85. The lowest BCUT2D eigenvalue weighted by Crippen LogP contribution is -2.61. The molecule has 45 heavy (non-hydrogen) atoms. The molecule has 2 heterocycles. The molecule has 5 aromatic carbocycles. The molecule has 0 radical (unpaired) electrons. The fourth-order valence-electron chi connectivity index (χ4n) is 10.7. The second kappa shape index (κ2) is 9.39. The van der Waals surface area contributed by atoms with Crippen LogP contribution in [0.2, 0.25) is 0 Å². The monoisotopic (exact) mass is 582 g/mol. The number of hydrogen-bond donors (Lipinski definition) is 0. The minimum atomic E-state index is 0.190. The molecule has 0 amide bonds. The van der Waals surface area contributed by atoms with Crippen molar-refractivity contribution in [1.29, 1.82) is 0 Å². The van der Waals surface area contributed by atoms with Crippen LogP contribution in [0.1, 0.15) is 55.2 Å². The fraction of sp³-hybridized carbons (Fsp3) is 0.286. The molecule has 11 rings (SSSR count). The van der Waals surface area contributed by atoms with Gasteiger partial charge in [0.15, 0.2) is 0 Å². The van der Waals surface area contributed by atoms with E-state index in [1.54, 1.807) is 5.56 Å². The number of anilines is 6. The minimum Gasteiger partial charge on any atom is -0.311 e. The molecular weight excluding hydrogens is 543 g/mol. The lowest BCUT2D eigenvalue weighted by Gasteiger charge is -2.57. The highest BCUT2D eigenvalue weighted by atomic mass is 15.2. The number of para-hydroxylation sites is 3. The first-order valence-corrected chi connectivity index (χ1v) is 17.2. The maximum atomic E-state index is 2.67. The molecule has 4 bridgehead atoms. The molecule has 3 heteroatoms. The molecule has 0 unspecified atom stereocenters. The van der Waals surface area contributed by atoms with E-state index in [1.165, 1.54) is 100 Å². The summed E-state index contributed by atoms with van der Waals surface area (Å²) in [6.45, 7) is 4.65. The first-order valence-electron chi connectivity index (χ1n) is 17.2. The summed E-state index contributed by atoms with van der Waals surface area (Å²) < 4.78 is 0. The Labute approximate surface area is 267 Å². The van der Waals surface area contributed by atoms with E-state index in [1.807, 2.05) is 0 Å². The average Bonchev–Trinajstić information content (AvgIpc) is 3.05. The van der Waals surface area contributed by atoms with E-state index in [0.717, 1.165) is 17.8 Å². The summed E-state index contributed by atoms with van der Waals surface area (Å²) in [5.41, 5.74) is 16.6. The SMILES string of the molecule is Cc1ccc(N2c3ccccc3B3c4ccccc4N(c4ccccc4C)c4cc(C56CC7CC(CC(C7)C5)C6)cc2c43)cc1. The summed E-state index contributed by atoms with van der Waals surface area (Å²) in [6.07, 6.45) is 8.48. The molecule has 2 aliphatic heterocycles. The smallest absolute Gasteiger partial charge is 0.252 e. The number of aryl methyl sites for hydroxylation is 2. The normalized spacial score (nSPS) is 25.2. The first kappa shape index (κ1) is 26.0. The summed E-state index contributed by atoms with van der Waals surface area (Å²) in [5.74, 6) is 2.70. The lowest BCUT2D eigenvalue weighted by atomic mass is 9.33. The van der Waals surface area contributed by atoms with E-state index in [4.69, 9.17) is 0 Å². The van der Waals surface area contributed by atoms with Gasteiger partial charge in [0, 0.05) is 34.1 Å². The van der Waals surface area contributed by atoms with Gasteiger partial charge >= 0.3 is 0 Å². The topological polar surface area (TPSA) is 6.48 Å². The molecule has 0 atom stereocenters. The molecule has 0 aromatic heterocycles. The summed E-state index contributed by atoms with van der Waals surface area (Å²) in [4.78, 5) is 5.21. The number of nitrogens with zero attached hydrogens (tertiary/aromatic N) is 2. The highest BCUT2D eigenvalue weighted by Gasteiger charge is 2.53. The summed E-state index contributed by atoms with van der Waals surface area (Å²) in [6, 6.07) is 41.9. The second-order valence-corrected chi connectivity index (χ2v) is 15.0. The third-order valence-electron chi connectivity index (χ3n) is 12.2. The Morgan fingerprint density at radius 2 is 1.07 bits per heavy atom. The number of hydrogen-bond acceptors (Lipinski definition) is 2. The van der Waals surface area contributed by atoms with Gasteiger partial charge in [0.1, 0.15) is 0 Å². The zero-order chi connectivity index (χ0) is 29.9. The standard InChI is InChI=1S/C42H39BN2/c1-27-15-17-33(18-16-27)44-37-13-7-4-10-34(37)43-35-11-5-8-14-38(35)45(36-12-6-3-9-28(36)2)40-23-32(22-39(44)41(40)43)42-24-29-19-30(25-42)21-31(20-29)26-42/h3-18,22-23,29-31H,19-21,24-26H2,1-2H3. The number of rotatable bonds is 3. The van der Waals surface area contributed by atoms with Gasteiger partial charge in [0.05, 0.1) is 0 Å². The first-order chi connectivity index (χ1) is 22.1. The number of benzene rings is 5. The van der Waals surface area contributed by atoms with Gasteiger partial charge in [-0.25, -0.2) is 0 Å². The van der Waals surface area contributed by atoms with Crippen LogP contribution in [0.5, 0.6) is 0 Å². The van der Waals surface area contributed by atoms with E-state index >= 15 is 0 Å². The zero-order valence-corrected chi connectivity index (χ0v) is 26.3. The van der Waals surface area contributed by atoms with Crippen molar-refractivity contribution in [2.24, 2.45) is 17.8 Å². The van der Waals surface area contributed by atoms with Gasteiger partial charge in [-0.05, 0) is 146 Å². The third-order valence-corrected chi connectivity index (χ3v) is 12.2. The molecular formula is C42H39BN2. The minimum absolute atomic E-state index is 0.190. The van der Waals surface area contributed by atoms with Crippen molar-refractivity contribution >= 4 is 57.2 Å². The Hall–Kier alpha value is -4.24. The van der Waals surface area contributed by atoms with Crippen molar-refractivity contribution in [3.8, 4) is 0 Å². The van der Waals surface area contributed by atoms with Crippen LogP contribution in [-0.4, -0.2) is 6.71 Å². The van der Waals surface area contributed by atoms with Crippen LogP contribution in [0.25, 0.3) is 0 Å². The van der Waals surface area contributed by atoms with Gasteiger partial charge < -0.3 is 9.80 Å². The van der Waals surface area contributed by atoms with Crippen LogP contribution >= 0.6 is 0 Å². The van der Waals surface area contributed by atoms with Crippen molar-refractivity contribution in [2.45, 2.75) is 57.8 Å². The van der Waals surface area contributed by atoms with Crippen LogP contribution in [0.15, 0.2) is 109 Å². The van der Waals surface area contributed by atoms with Gasteiger partial charge in [-0.2, -0.15) is 0 Å². The van der Waals surface area contributed by atoms with Crippen LogP contribution < -0.4 is 26.2 Å². The van der Waals surface area contributed by atoms with Crippen molar-refractivity contribution in [3.05, 3.63) is 126 Å². The number of fused-ring (bicyclic) bond motifs is 4. The highest BCUT2D eigenvalue weighted by molar-refractivity contribution is 7.00. The molecule has 0 saturated heterocycles. The maximum absolute atomic E-state index is 2.67. The Bertz CT molecular complexity index is 1960. The van der Waals surface area contributed by atoms with E-state index < -0.39 is 0 Å². The van der Waals surface area contributed by atoms with Crippen LogP contribution in [0, 0.1) is 31.6 Å². The largest absolute Gasteiger partial charge is 0.311 e. The van der Waals surface area contributed by atoms with E-state index in [0.29, 0.717) is 5.41 Å². The molecule has 5 aromatic rings. The fourth-order valence-corrected chi connectivity index (χ4v) is 10.7. The summed E-state index contributed by atoms with van der Waals surface area (Å²) >= 11 is 0. The Kier molecular flexibility index (Phi) is 5.43. The van der Waals surface area contributed by atoms with Crippen LogP contribution in [0.4, 0.5) is 34.1 Å². The summed E-state index contributed by atoms with van der Waals surface area (Å²) in [7, 11) is 0. The quantitative estimate of drug-likeness (QED) is 0.192. The third kappa shape index (κ3) is 3.70. The van der Waals surface area contributed by atoms with Gasteiger partial charge in [0.25, 0.3) is 6.71 Å². The lowest BCUT2D eigenvalue weighted by molar-refractivity contribution is -0.00514. The molecule has 4 fully saturated rings. The molecule has 2 nitrogen and oxygen atoms in total. The Morgan fingerprint density at radius 3 is 1.67 bits per heavy atom. The van der Waals surface area contributed by atoms with Gasteiger partial charge in [-0.1, -0.05) is 72.3 Å². The van der Waals surface area contributed by atoms with E-state index in [2.05, 4.69) is 133 Å². The average molecular weight is 583 g/mol. The van der Waals surface area contributed by atoms with Crippen molar-refractivity contribution < 1.29 is 0 Å². The van der Waals surface area contributed by atoms with Gasteiger partial charge in [0.2, 0.25) is 0 Å². The Morgan fingerprint density at radius 1 is 0.556 bits per heavy atom. The van der Waals surface area contributed by atoms with Crippen LogP contribution in [0.3, 0.4) is 0 Å². The van der Waals surface area contributed by atoms with Crippen LogP contribution in [-0.2, 0) is 5.41 Å². The molecule has 4 aliphatic carbocycles. The van der Waals surface area contributed by atoms with Crippen molar-refractivity contribution in [1.82, 2.24) is 0 Å². The molecule has 0 N–H and O–H groups in total. The predicted molar refractivity (Wildman–Crippen MR) is 190 cm³/mol. The molecule has 6 aliphatic rings. The van der Waals surface area contributed by atoms with Crippen molar-refractivity contribution in [3.63, 3.8) is 0 Å². The van der Waals surface area contributed by atoms with Gasteiger partial charge in [-0.15, -0.1) is 0 Å². The van der Waals surface area contributed by atoms with E-state index in [-0.39, 0.29) is 6.71 Å². The molecule has 220 valence electrons. The van der Waals surface area contributed by atoms with Crippen molar-refractivity contribution in [2.75, 3.05) is 9.80 Å². The molecule has 0 spiro atoms. The summed E-state index contributed by atoms with van der Waals surface area (Å²) in [5, 5.41) is 0. The Balaban J connectivity index is 1.31. The molecule has 4 saturated carbocycles. The van der Waals surface area contributed by atoms with Gasteiger partial charge in [-0.3, -0.25) is 0 Å². The second-order valence-electron chi connectivity index (χ2n) is 15.0. The zero-order valence-electron chi connectivity index (χ0n) is 26.3. The van der Waals surface area contributed by atoms with E-state index in [9.17, 15) is 0 Å². The highest BCUT2D eigenvalue weighted by Crippen LogP contribution is 2.61.